The molecule has 0 fully saturated rings. The molecule has 0 heterocycles. The smallest absolute Gasteiger partial charge is 0.332 e. The second kappa shape index (κ2) is 6.47. The molecule has 1 aromatic rings. The van der Waals surface area contributed by atoms with Gasteiger partial charge in [0.2, 0.25) is 0 Å². The highest BCUT2D eigenvalue weighted by atomic mass is 16.5. The molecule has 0 aromatic heterocycles. The highest BCUT2D eigenvalue weighted by Crippen LogP contribution is 2.01. The summed E-state index contributed by atoms with van der Waals surface area (Å²) in [5.74, 6) is 5.15. The van der Waals surface area contributed by atoms with Gasteiger partial charge in [0, 0.05) is 11.6 Å². The van der Waals surface area contributed by atoms with E-state index in [9.17, 15) is 4.79 Å². The minimum absolute atomic E-state index is 0.295. The molecule has 0 bridgehead atoms. The van der Waals surface area contributed by atoms with Crippen molar-refractivity contribution in [2.75, 3.05) is 0 Å². The maximum Gasteiger partial charge on any atom is 0.332 e. The second-order valence-corrected chi connectivity index (χ2v) is 3.30. The first-order valence-corrected chi connectivity index (χ1v) is 5.04. The fourth-order valence-electron chi connectivity index (χ4n) is 1.18. The van der Waals surface area contributed by atoms with E-state index in [-0.39, 0.29) is 5.97 Å². The summed E-state index contributed by atoms with van der Waals surface area (Å²) in [6, 6.07) is 9.57. The molecule has 1 rings (SSSR count). The van der Waals surface area contributed by atoms with Crippen LogP contribution in [0.3, 0.4) is 0 Å². The van der Waals surface area contributed by atoms with Gasteiger partial charge in [0.15, 0.2) is 0 Å². The Kier molecular flexibility index (Phi) is 4.88. The van der Waals surface area contributed by atoms with Gasteiger partial charge in [0.25, 0.3) is 0 Å². The second-order valence-electron chi connectivity index (χ2n) is 3.30. The molecule has 0 aliphatic heterocycles. The number of esters is 1. The zero-order valence-corrected chi connectivity index (χ0v) is 9.49. The van der Waals surface area contributed by atoms with Crippen molar-refractivity contribution >= 4 is 5.97 Å². The molecule has 82 valence electrons. The Morgan fingerprint density at radius 3 is 2.69 bits per heavy atom. The van der Waals surface area contributed by atoms with E-state index in [0.717, 1.165) is 5.56 Å². The van der Waals surface area contributed by atoms with Crippen molar-refractivity contribution in [1.82, 2.24) is 0 Å². The Balaban J connectivity index is 2.47. The van der Waals surface area contributed by atoms with Crippen molar-refractivity contribution < 1.29 is 9.53 Å². The molecule has 0 amide bonds. The SMILES string of the molecule is CC#C/C(C)=C\C(=O)OCc1ccccc1. The topological polar surface area (TPSA) is 26.3 Å². The van der Waals surface area contributed by atoms with E-state index in [0.29, 0.717) is 12.2 Å². The largest absolute Gasteiger partial charge is 0.458 e. The first-order chi connectivity index (χ1) is 7.72. The van der Waals surface area contributed by atoms with Crippen LogP contribution in [-0.4, -0.2) is 5.97 Å². The number of rotatable bonds is 3. The molecule has 2 heteroatoms. The van der Waals surface area contributed by atoms with Crippen LogP contribution >= 0.6 is 0 Å². The summed E-state index contributed by atoms with van der Waals surface area (Å²) in [6.45, 7) is 3.80. The Morgan fingerprint density at radius 1 is 1.38 bits per heavy atom. The van der Waals surface area contributed by atoms with Crippen LogP contribution in [0.4, 0.5) is 0 Å². The first kappa shape index (κ1) is 12.1. The van der Waals surface area contributed by atoms with Gasteiger partial charge in [0.1, 0.15) is 6.61 Å². The van der Waals surface area contributed by atoms with Gasteiger partial charge in [-0.15, -0.1) is 5.92 Å². The third kappa shape index (κ3) is 4.47. The summed E-state index contributed by atoms with van der Waals surface area (Å²) in [5, 5.41) is 0. The number of allylic oxidation sites excluding steroid dienone is 1. The predicted molar refractivity (Wildman–Crippen MR) is 63.4 cm³/mol. The molecule has 0 aliphatic carbocycles. The van der Waals surface area contributed by atoms with E-state index in [1.807, 2.05) is 30.3 Å². The van der Waals surface area contributed by atoms with Crippen LogP contribution in [0.15, 0.2) is 42.0 Å². The average molecular weight is 214 g/mol. The summed E-state index contributed by atoms with van der Waals surface area (Å²) in [4.78, 5) is 11.3. The van der Waals surface area contributed by atoms with Crippen molar-refractivity contribution in [1.29, 1.82) is 0 Å². The maximum atomic E-state index is 11.3. The van der Waals surface area contributed by atoms with Crippen LogP contribution < -0.4 is 0 Å². The predicted octanol–water partition coefficient (Wildman–Crippen LogP) is 2.70. The van der Waals surface area contributed by atoms with Crippen LogP contribution in [0.2, 0.25) is 0 Å². The van der Waals surface area contributed by atoms with Gasteiger partial charge < -0.3 is 4.74 Å². The molecule has 0 atom stereocenters. The Hall–Kier alpha value is -2.01. The summed E-state index contributed by atoms with van der Waals surface area (Å²) in [6.07, 6.45) is 1.40. The van der Waals surface area contributed by atoms with Crippen LogP contribution in [0.5, 0.6) is 0 Å². The molecule has 0 saturated carbocycles. The minimum atomic E-state index is -0.357. The summed E-state index contributed by atoms with van der Waals surface area (Å²) < 4.78 is 5.06. The van der Waals surface area contributed by atoms with E-state index in [2.05, 4.69) is 11.8 Å². The van der Waals surface area contributed by atoms with Gasteiger partial charge in [-0.1, -0.05) is 36.3 Å². The normalized spacial score (nSPS) is 10.2. The quantitative estimate of drug-likeness (QED) is 0.439. The lowest BCUT2D eigenvalue weighted by molar-refractivity contribution is -0.139. The summed E-state index contributed by atoms with van der Waals surface area (Å²) in [7, 11) is 0. The fourth-order valence-corrected chi connectivity index (χ4v) is 1.18. The summed E-state index contributed by atoms with van der Waals surface area (Å²) in [5.41, 5.74) is 1.68. The lowest BCUT2D eigenvalue weighted by Crippen LogP contribution is -2.01. The van der Waals surface area contributed by atoms with Gasteiger partial charge in [-0.2, -0.15) is 0 Å². The number of carbonyl (C=O) groups excluding carboxylic acids is 1. The van der Waals surface area contributed by atoms with E-state index in [1.54, 1.807) is 13.8 Å². The summed E-state index contributed by atoms with van der Waals surface area (Å²) >= 11 is 0. The van der Waals surface area contributed by atoms with Crippen molar-refractivity contribution in [2.45, 2.75) is 20.5 Å². The molecule has 0 N–H and O–H groups in total. The van der Waals surface area contributed by atoms with Crippen LogP contribution in [0, 0.1) is 11.8 Å². The van der Waals surface area contributed by atoms with Crippen LogP contribution in [0.1, 0.15) is 19.4 Å². The van der Waals surface area contributed by atoms with Gasteiger partial charge in [0.05, 0.1) is 0 Å². The van der Waals surface area contributed by atoms with Crippen molar-refractivity contribution in [3.8, 4) is 11.8 Å². The Bertz CT molecular complexity index is 433. The number of ether oxygens (including phenoxy) is 1. The van der Waals surface area contributed by atoms with Gasteiger partial charge in [-0.25, -0.2) is 4.79 Å². The standard InChI is InChI=1S/C14H14O2/c1-3-7-12(2)10-14(15)16-11-13-8-5-4-6-9-13/h4-6,8-10H,11H2,1-2H3/b12-10-. The molecule has 16 heavy (non-hydrogen) atoms. The van der Waals surface area contributed by atoms with E-state index >= 15 is 0 Å². The lowest BCUT2D eigenvalue weighted by Gasteiger charge is -2.01. The molecule has 1 aromatic carbocycles. The van der Waals surface area contributed by atoms with Crippen molar-refractivity contribution in [3.05, 3.63) is 47.5 Å². The average Bonchev–Trinajstić information content (AvgIpc) is 2.28. The molecular weight excluding hydrogens is 200 g/mol. The molecule has 0 spiro atoms. The van der Waals surface area contributed by atoms with Crippen molar-refractivity contribution in [2.24, 2.45) is 0 Å². The molecule has 0 radical (unpaired) electrons. The number of hydrogen-bond acceptors (Lipinski definition) is 2. The van der Waals surface area contributed by atoms with Crippen molar-refractivity contribution in [3.63, 3.8) is 0 Å². The van der Waals surface area contributed by atoms with Gasteiger partial charge in [-0.05, 0) is 19.4 Å². The Labute approximate surface area is 95.9 Å². The maximum absolute atomic E-state index is 11.3. The van der Waals surface area contributed by atoms with Gasteiger partial charge >= 0.3 is 5.97 Å². The molecule has 0 aliphatic rings. The number of hydrogen-bond donors (Lipinski definition) is 0. The van der Waals surface area contributed by atoms with E-state index in [4.69, 9.17) is 4.74 Å². The highest BCUT2D eigenvalue weighted by Gasteiger charge is 1.99. The molecule has 0 unspecified atom stereocenters. The third-order valence-corrected chi connectivity index (χ3v) is 1.88. The lowest BCUT2D eigenvalue weighted by atomic mass is 10.2. The molecule has 2 nitrogen and oxygen atoms in total. The third-order valence-electron chi connectivity index (χ3n) is 1.88. The molecular formula is C14H14O2. The molecule has 0 saturated heterocycles. The fraction of sp³-hybridized carbons (Fsp3) is 0.214. The van der Waals surface area contributed by atoms with E-state index < -0.39 is 0 Å². The van der Waals surface area contributed by atoms with Crippen LogP contribution in [0.25, 0.3) is 0 Å². The monoisotopic (exact) mass is 214 g/mol. The highest BCUT2D eigenvalue weighted by molar-refractivity contribution is 5.83. The Morgan fingerprint density at radius 2 is 2.06 bits per heavy atom. The zero-order chi connectivity index (χ0) is 11.8. The number of carbonyl (C=O) groups is 1. The first-order valence-electron chi connectivity index (χ1n) is 5.04. The van der Waals surface area contributed by atoms with E-state index in [1.165, 1.54) is 6.08 Å². The van der Waals surface area contributed by atoms with Crippen LogP contribution in [-0.2, 0) is 16.1 Å². The number of benzene rings is 1. The van der Waals surface area contributed by atoms with Gasteiger partial charge in [-0.3, -0.25) is 0 Å². The minimum Gasteiger partial charge on any atom is -0.458 e. The zero-order valence-electron chi connectivity index (χ0n) is 9.49.